The number of aromatic nitrogens is 7. The molecule has 35 heavy (non-hydrogen) atoms. The van der Waals surface area contributed by atoms with Crippen LogP contribution in [-0.2, 0) is 12.3 Å². The van der Waals surface area contributed by atoms with Gasteiger partial charge in [0, 0.05) is 18.4 Å². The molecule has 4 aromatic rings. The molecule has 0 atom stereocenters. The van der Waals surface area contributed by atoms with E-state index in [1.54, 1.807) is 11.6 Å². The number of benzene rings is 2. The van der Waals surface area contributed by atoms with E-state index in [4.69, 9.17) is 0 Å². The molecule has 1 fully saturated rings. The minimum absolute atomic E-state index is 0.138. The predicted molar refractivity (Wildman–Crippen MR) is 129 cm³/mol. The van der Waals surface area contributed by atoms with Crippen LogP contribution in [0.1, 0.15) is 75.1 Å². The topological polar surface area (TPSA) is 85.2 Å². The summed E-state index contributed by atoms with van der Waals surface area (Å²) in [6, 6.07) is 16.2. The van der Waals surface area contributed by atoms with Gasteiger partial charge in [-0.25, -0.2) is 14.8 Å². The second kappa shape index (κ2) is 10.0. The fourth-order valence-electron chi connectivity index (χ4n) is 4.87. The molecule has 1 aliphatic rings. The molecule has 1 aliphatic carbocycles. The maximum absolute atomic E-state index is 14.7. The van der Waals surface area contributed by atoms with Gasteiger partial charge in [-0.3, -0.25) is 0 Å². The minimum Gasteiger partial charge on any atom is -0.246 e. The molecule has 5 rings (SSSR count). The summed E-state index contributed by atoms with van der Waals surface area (Å²) >= 11 is 0. The lowest BCUT2D eigenvalue weighted by molar-refractivity contribution is -0.0234. The number of aromatic amines is 1. The molecular weight excluding hydrogens is 448 g/mol. The zero-order chi connectivity index (χ0) is 24.3. The van der Waals surface area contributed by atoms with Gasteiger partial charge in [0.1, 0.15) is 5.82 Å². The molecular formula is C26H29F2N7. The second-order valence-corrected chi connectivity index (χ2v) is 9.21. The van der Waals surface area contributed by atoms with Crippen molar-refractivity contribution in [1.29, 1.82) is 0 Å². The number of nitrogens with zero attached hydrogens (tertiary/aromatic N) is 6. The maximum Gasteiger partial charge on any atom is 0.308 e. The highest BCUT2D eigenvalue weighted by Crippen LogP contribution is 2.35. The monoisotopic (exact) mass is 477 g/mol. The van der Waals surface area contributed by atoms with Crippen LogP contribution in [-0.4, -0.2) is 35.4 Å². The van der Waals surface area contributed by atoms with Gasteiger partial charge >= 0.3 is 5.92 Å². The number of alkyl halides is 2. The Morgan fingerprint density at radius 1 is 1.00 bits per heavy atom. The number of rotatable bonds is 8. The average molecular weight is 478 g/mol. The lowest BCUT2D eigenvalue weighted by Gasteiger charge is -2.23. The van der Waals surface area contributed by atoms with Gasteiger partial charge in [-0.05, 0) is 46.4 Å². The second-order valence-electron chi connectivity index (χ2n) is 9.21. The van der Waals surface area contributed by atoms with Crippen LogP contribution in [0.15, 0.2) is 48.5 Å². The first kappa shape index (κ1) is 23.3. The van der Waals surface area contributed by atoms with Crippen molar-refractivity contribution in [3.63, 3.8) is 0 Å². The fraction of sp³-hybridized carbons (Fsp3) is 0.423. The van der Waals surface area contributed by atoms with Crippen LogP contribution >= 0.6 is 0 Å². The van der Waals surface area contributed by atoms with E-state index in [-0.39, 0.29) is 18.3 Å². The summed E-state index contributed by atoms with van der Waals surface area (Å²) in [6.07, 6.45) is 5.90. The third kappa shape index (κ3) is 4.99. The van der Waals surface area contributed by atoms with E-state index in [0.717, 1.165) is 47.9 Å². The largest absolute Gasteiger partial charge is 0.308 e. The molecule has 0 aliphatic heterocycles. The minimum atomic E-state index is -3.01. The standard InChI is InChI=1S/C26H29F2N7/c1-2-16-26(27,28)25-29-23(35(32-25)20-8-4-3-5-9-20)17-18-12-14-19(15-13-18)21-10-6-7-11-22(21)24-30-33-34-31-24/h6-7,10-15,20H,2-5,8-9,16-17H2,1H3,(H,30,31,33,34). The van der Waals surface area contributed by atoms with Crippen molar-refractivity contribution in [3.05, 3.63) is 65.7 Å². The zero-order valence-electron chi connectivity index (χ0n) is 19.8. The highest BCUT2D eigenvalue weighted by Gasteiger charge is 2.37. The Balaban J connectivity index is 1.43. The van der Waals surface area contributed by atoms with Crippen molar-refractivity contribution in [2.45, 2.75) is 70.3 Å². The Morgan fingerprint density at radius 2 is 1.74 bits per heavy atom. The van der Waals surface area contributed by atoms with Gasteiger partial charge in [-0.2, -0.15) is 8.78 Å². The number of H-pyrrole nitrogens is 1. The van der Waals surface area contributed by atoms with E-state index < -0.39 is 5.92 Å². The van der Waals surface area contributed by atoms with Crippen LogP contribution in [0.2, 0.25) is 0 Å². The number of hydrogen-bond donors (Lipinski definition) is 1. The molecule has 0 amide bonds. The Morgan fingerprint density at radius 3 is 2.43 bits per heavy atom. The molecule has 7 nitrogen and oxygen atoms in total. The fourth-order valence-corrected chi connectivity index (χ4v) is 4.87. The van der Waals surface area contributed by atoms with Crippen molar-refractivity contribution in [1.82, 2.24) is 35.4 Å². The normalized spacial score (nSPS) is 14.9. The summed E-state index contributed by atoms with van der Waals surface area (Å²) in [5.41, 5.74) is 3.93. The molecule has 182 valence electrons. The summed E-state index contributed by atoms with van der Waals surface area (Å²) < 4.78 is 31.2. The summed E-state index contributed by atoms with van der Waals surface area (Å²) in [6.45, 7) is 1.76. The SMILES string of the molecule is CCCC(F)(F)c1nc(Cc2ccc(-c3ccccc3-c3nnn[nH]3)cc2)n(C2CCCCC2)n1. The summed E-state index contributed by atoms with van der Waals surface area (Å²) in [4.78, 5) is 4.37. The van der Waals surface area contributed by atoms with Crippen molar-refractivity contribution >= 4 is 0 Å². The van der Waals surface area contributed by atoms with Crippen molar-refractivity contribution in [2.24, 2.45) is 0 Å². The predicted octanol–water partition coefficient (Wildman–Crippen LogP) is 6.11. The molecule has 1 saturated carbocycles. The van der Waals surface area contributed by atoms with Crippen LogP contribution in [0.4, 0.5) is 8.78 Å². The highest BCUT2D eigenvalue weighted by molar-refractivity contribution is 5.80. The van der Waals surface area contributed by atoms with Crippen LogP contribution < -0.4 is 0 Å². The first-order valence-electron chi connectivity index (χ1n) is 12.3. The molecule has 2 heterocycles. The van der Waals surface area contributed by atoms with Gasteiger partial charge in [0.25, 0.3) is 0 Å². The van der Waals surface area contributed by atoms with Crippen LogP contribution in [0.25, 0.3) is 22.5 Å². The average Bonchev–Trinajstić information content (AvgIpc) is 3.56. The van der Waals surface area contributed by atoms with Crippen LogP contribution in [0.5, 0.6) is 0 Å². The Labute approximate surface area is 203 Å². The third-order valence-corrected chi connectivity index (χ3v) is 6.67. The molecule has 9 heteroatoms. The van der Waals surface area contributed by atoms with E-state index in [1.165, 1.54) is 6.42 Å². The molecule has 0 bridgehead atoms. The smallest absolute Gasteiger partial charge is 0.246 e. The quantitative estimate of drug-likeness (QED) is 0.331. The molecule has 0 unspecified atom stereocenters. The van der Waals surface area contributed by atoms with E-state index >= 15 is 0 Å². The van der Waals surface area contributed by atoms with E-state index in [2.05, 4.69) is 30.7 Å². The maximum atomic E-state index is 14.7. The number of tetrazole rings is 1. The Kier molecular flexibility index (Phi) is 6.66. The van der Waals surface area contributed by atoms with Gasteiger partial charge < -0.3 is 0 Å². The first-order valence-corrected chi connectivity index (χ1v) is 12.3. The molecule has 0 spiro atoms. The molecule has 0 saturated heterocycles. The van der Waals surface area contributed by atoms with E-state index in [9.17, 15) is 8.78 Å². The first-order chi connectivity index (χ1) is 17.0. The number of nitrogens with one attached hydrogen (secondary N) is 1. The van der Waals surface area contributed by atoms with Gasteiger partial charge in [0.2, 0.25) is 5.82 Å². The molecule has 2 aromatic heterocycles. The van der Waals surface area contributed by atoms with Crippen LogP contribution in [0.3, 0.4) is 0 Å². The van der Waals surface area contributed by atoms with Crippen molar-refractivity contribution < 1.29 is 8.78 Å². The Hall–Kier alpha value is -3.49. The molecule has 2 aromatic carbocycles. The van der Waals surface area contributed by atoms with Gasteiger partial charge in [-0.1, -0.05) is 74.7 Å². The van der Waals surface area contributed by atoms with Crippen molar-refractivity contribution in [2.75, 3.05) is 0 Å². The molecule has 1 N–H and O–H groups in total. The Bertz CT molecular complexity index is 1240. The lowest BCUT2D eigenvalue weighted by Crippen LogP contribution is -2.19. The van der Waals surface area contributed by atoms with Crippen LogP contribution in [0, 0.1) is 0 Å². The summed E-state index contributed by atoms with van der Waals surface area (Å²) in [7, 11) is 0. The number of halogens is 2. The van der Waals surface area contributed by atoms with E-state index in [0.29, 0.717) is 24.5 Å². The van der Waals surface area contributed by atoms with Gasteiger partial charge in [0.05, 0.1) is 6.04 Å². The highest BCUT2D eigenvalue weighted by atomic mass is 19.3. The van der Waals surface area contributed by atoms with Gasteiger partial charge in [-0.15, -0.1) is 10.2 Å². The number of hydrogen-bond acceptors (Lipinski definition) is 5. The molecule has 0 radical (unpaired) electrons. The van der Waals surface area contributed by atoms with E-state index in [1.807, 2.05) is 48.5 Å². The summed E-state index contributed by atoms with van der Waals surface area (Å²) in [5.74, 6) is -2.13. The zero-order valence-corrected chi connectivity index (χ0v) is 19.8. The lowest BCUT2D eigenvalue weighted by atomic mass is 9.95. The summed E-state index contributed by atoms with van der Waals surface area (Å²) in [5, 5.41) is 18.6. The third-order valence-electron chi connectivity index (χ3n) is 6.67. The van der Waals surface area contributed by atoms with Gasteiger partial charge in [0.15, 0.2) is 5.82 Å². The van der Waals surface area contributed by atoms with Crippen molar-refractivity contribution in [3.8, 4) is 22.5 Å².